The Morgan fingerprint density at radius 2 is 2.00 bits per heavy atom. The van der Waals surface area contributed by atoms with Gasteiger partial charge in [-0.3, -0.25) is 0 Å². The molecule has 3 nitrogen and oxygen atoms in total. The lowest BCUT2D eigenvalue weighted by molar-refractivity contribution is 0.310. The van der Waals surface area contributed by atoms with E-state index in [4.69, 9.17) is 5.10 Å². The van der Waals surface area contributed by atoms with Crippen LogP contribution in [0.25, 0.3) is 0 Å². The normalized spacial score (nSPS) is 28.5. The van der Waals surface area contributed by atoms with E-state index in [1.165, 1.54) is 56.5 Å². The smallest absolute Gasteiger partial charge is 0.124 e. The van der Waals surface area contributed by atoms with Crippen molar-refractivity contribution >= 4 is 5.82 Å². The van der Waals surface area contributed by atoms with Gasteiger partial charge in [-0.25, -0.2) is 4.68 Å². The first-order valence-corrected chi connectivity index (χ1v) is 8.13. The summed E-state index contributed by atoms with van der Waals surface area (Å²) in [7, 11) is 0. The highest BCUT2D eigenvalue weighted by molar-refractivity contribution is 5.40. The number of nitrogens with one attached hydrogen (secondary N) is 1. The van der Waals surface area contributed by atoms with Crippen LogP contribution in [0.2, 0.25) is 0 Å². The molecule has 2 atom stereocenters. The van der Waals surface area contributed by atoms with Crippen molar-refractivity contribution < 1.29 is 0 Å². The molecule has 2 unspecified atom stereocenters. The van der Waals surface area contributed by atoms with E-state index in [2.05, 4.69) is 29.9 Å². The molecule has 19 heavy (non-hydrogen) atoms. The van der Waals surface area contributed by atoms with Gasteiger partial charge in [-0.1, -0.05) is 39.5 Å². The summed E-state index contributed by atoms with van der Waals surface area (Å²) >= 11 is 0. The van der Waals surface area contributed by atoms with Crippen molar-refractivity contribution in [2.75, 3.05) is 11.9 Å². The Hall–Kier alpha value is -0.990. The van der Waals surface area contributed by atoms with Crippen LogP contribution in [0, 0.1) is 5.92 Å². The van der Waals surface area contributed by atoms with Gasteiger partial charge < -0.3 is 5.32 Å². The van der Waals surface area contributed by atoms with Gasteiger partial charge in [0.1, 0.15) is 5.82 Å². The molecule has 1 aromatic rings. The summed E-state index contributed by atoms with van der Waals surface area (Å²) < 4.78 is 2.27. The van der Waals surface area contributed by atoms with Crippen LogP contribution in [0.15, 0.2) is 6.07 Å². The second kappa shape index (κ2) is 5.56. The summed E-state index contributed by atoms with van der Waals surface area (Å²) in [6, 6.07) is 2.90. The quantitative estimate of drug-likeness (QED) is 0.803. The zero-order chi connectivity index (χ0) is 13.2. The monoisotopic (exact) mass is 261 g/mol. The van der Waals surface area contributed by atoms with Gasteiger partial charge in [-0.2, -0.15) is 5.10 Å². The highest BCUT2D eigenvalue weighted by Gasteiger charge is 2.28. The average Bonchev–Trinajstić information content (AvgIpc) is 2.66. The molecule has 0 spiro atoms. The maximum absolute atomic E-state index is 4.97. The Balaban J connectivity index is 1.84. The molecule has 1 aliphatic carbocycles. The zero-order valence-electron chi connectivity index (χ0n) is 12.4. The van der Waals surface area contributed by atoms with Gasteiger partial charge in [0.25, 0.3) is 0 Å². The Labute approximate surface area is 116 Å². The molecule has 3 rings (SSSR count). The fourth-order valence-corrected chi connectivity index (χ4v) is 3.79. The summed E-state index contributed by atoms with van der Waals surface area (Å²) in [6.45, 7) is 5.70. The average molecular weight is 261 g/mol. The third-order valence-corrected chi connectivity index (χ3v) is 5.02. The number of aromatic nitrogens is 2. The van der Waals surface area contributed by atoms with Crippen molar-refractivity contribution in [1.29, 1.82) is 0 Å². The van der Waals surface area contributed by atoms with E-state index in [0.29, 0.717) is 17.9 Å². The van der Waals surface area contributed by atoms with Crippen molar-refractivity contribution in [3.63, 3.8) is 0 Å². The van der Waals surface area contributed by atoms with Crippen LogP contribution in [0.4, 0.5) is 5.82 Å². The third-order valence-electron chi connectivity index (χ3n) is 5.02. The first-order chi connectivity index (χ1) is 9.29. The van der Waals surface area contributed by atoms with Crippen molar-refractivity contribution in [2.24, 2.45) is 5.92 Å². The molecular weight excluding hydrogens is 234 g/mol. The second-order valence-electron chi connectivity index (χ2n) is 6.42. The number of nitrogens with zero attached hydrogens (tertiary/aromatic N) is 2. The Morgan fingerprint density at radius 3 is 2.68 bits per heavy atom. The van der Waals surface area contributed by atoms with Crippen molar-refractivity contribution in [3.8, 4) is 0 Å². The predicted octanol–water partition coefficient (Wildman–Crippen LogP) is 4.33. The predicted molar refractivity (Wildman–Crippen MR) is 79.7 cm³/mol. The van der Waals surface area contributed by atoms with E-state index >= 15 is 0 Å². The van der Waals surface area contributed by atoms with Crippen LogP contribution in [-0.4, -0.2) is 16.3 Å². The van der Waals surface area contributed by atoms with Crippen molar-refractivity contribution in [2.45, 2.75) is 70.8 Å². The van der Waals surface area contributed by atoms with E-state index in [1.54, 1.807) is 0 Å². The largest absolute Gasteiger partial charge is 0.370 e. The highest BCUT2D eigenvalue weighted by Crippen LogP contribution is 2.36. The molecule has 2 heterocycles. The van der Waals surface area contributed by atoms with E-state index in [0.717, 1.165) is 6.54 Å². The molecule has 0 bridgehead atoms. The lowest BCUT2D eigenvalue weighted by Gasteiger charge is -2.30. The molecule has 0 saturated heterocycles. The second-order valence-corrected chi connectivity index (χ2v) is 6.42. The molecule has 1 N–H and O–H groups in total. The maximum Gasteiger partial charge on any atom is 0.124 e. The van der Waals surface area contributed by atoms with Crippen LogP contribution in [0.1, 0.15) is 76.4 Å². The Bertz CT molecular complexity index is 416. The summed E-state index contributed by atoms with van der Waals surface area (Å²) in [4.78, 5) is 0. The van der Waals surface area contributed by atoms with Gasteiger partial charge in [0, 0.05) is 18.5 Å². The maximum atomic E-state index is 4.97. The van der Waals surface area contributed by atoms with E-state index in [-0.39, 0.29) is 0 Å². The Morgan fingerprint density at radius 1 is 1.26 bits per heavy atom. The standard InChI is InChI=1S/C16H27N3/c1-3-15-12(2)11-17-16-10-14(18-19(15)16)13-8-6-4-5-7-9-13/h10,12-13,15,17H,3-9,11H2,1-2H3. The molecule has 1 fully saturated rings. The van der Waals surface area contributed by atoms with Crippen LogP contribution < -0.4 is 5.32 Å². The molecular formula is C16H27N3. The highest BCUT2D eigenvalue weighted by atomic mass is 15.4. The fraction of sp³-hybridized carbons (Fsp3) is 0.812. The molecule has 0 radical (unpaired) electrons. The summed E-state index contributed by atoms with van der Waals surface area (Å²) in [6.07, 6.45) is 9.45. The van der Waals surface area contributed by atoms with Gasteiger partial charge in [0.15, 0.2) is 0 Å². The van der Waals surface area contributed by atoms with Crippen LogP contribution >= 0.6 is 0 Å². The third kappa shape index (κ3) is 2.52. The van der Waals surface area contributed by atoms with Gasteiger partial charge in [-0.05, 0) is 25.2 Å². The summed E-state index contributed by atoms with van der Waals surface area (Å²) in [5.41, 5.74) is 1.34. The summed E-state index contributed by atoms with van der Waals surface area (Å²) in [5, 5.41) is 8.53. The molecule has 3 heteroatoms. The van der Waals surface area contributed by atoms with Crippen LogP contribution in [0.5, 0.6) is 0 Å². The van der Waals surface area contributed by atoms with Gasteiger partial charge in [0.05, 0.1) is 11.7 Å². The first-order valence-electron chi connectivity index (χ1n) is 8.13. The Kier molecular flexibility index (Phi) is 3.81. The SMILES string of the molecule is CCC1C(C)CNc2cc(C3CCCCCC3)nn21. The lowest BCUT2D eigenvalue weighted by atomic mass is 9.96. The molecule has 1 aromatic heterocycles. The fourth-order valence-electron chi connectivity index (χ4n) is 3.79. The van der Waals surface area contributed by atoms with Crippen molar-refractivity contribution in [1.82, 2.24) is 9.78 Å². The molecule has 1 saturated carbocycles. The number of hydrogen-bond acceptors (Lipinski definition) is 2. The summed E-state index contributed by atoms with van der Waals surface area (Å²) in [5.74, 6) is 2.64. The van der Waals surface area contributed by atoms with Gasteiger partial charge in [0.2, 0.25) is 0 Å². The first kappa shape index (κ1) is 13.0. The van der Waals surface area contributed by atoms with E-state index in [1.807, 2.05) is 0 Å². The molecule has 0 amide bonds. The van der Waals surface area contributed by atoms with E-state index < -0.39 is 0 Å². The number of rotatable bonds is 2. The molecule has 106 valence electrons. The van der Waals surface area contributed by atoms with Crippen LogP contribution in [0.3, 0.4) is 0 Å². The van der Waals surface area contributed by atoms with Gasteiger partial charge >= 0.3 is 0 Å². The molecule has 2 aliphatic rings. The molecule has 0 aromatic carbocycles. The minimum absolute atomic E-state index is 0.579. The molecule has 1 aliphatic heterocycles. The minimum Gasteiger partial charge on any atom is -0.370 e. The zero-order valence-corrected chi connectivity index (χ0v) is 12.4. The lowest BCUT2D eigenvalue weighted by Crippen LogP contribution is -2.30. The number of hydrogen-bond donors (Lipinski definition) is 1. The van der Waals surface area contributed by atoms with Crippen molar-refractivity contribution in [3.05, 3.63) is 11.8 Å². The number of anilines is 1. The van der Waals surface area contributed by atoms with E-state index in [9.17, 15) is 0 Å². The minimum atomic E-state index is 0.579. The topological polar surface area (TPSA) is 29.9 Å². The van der Waals surface area contributed by atoms with Gasteiger partial charge in [-0.15, -0.1) is 0 Å². The number of fused-ring (bicyclic) bond motifs is 1. The van der Waals surface area contributed by atoms with Crippen LogP contribution in [-0.2, 0) is 0 Å².